The third-order valence-electron chi connectivity index (χ3n) is 4.17. The third-order valence-corrected chi connectivity index (χ3v) is 4.90. The second-order valence-electron chi connectivity index (χ2n) is 7.35. The zero-order valence-corrected chi connectivity index (χ0v) is 18.9. The number of ether oxygens (including phenoxy) is 1. The Labute approximate surface area is 180 Å². The molecule has 0 saturated carbocycles. The van der Waals surface area contributed by atoms with Gasteiger partial charge in [-0.25, -0.2) is 18.1 Å². The minimum atomic E-state index is -3.17. The molecule has 0 aliphatic carbocycles. The van der Waals surface area contributed by atoms with Crippen molar-refractivity contribution in [1.82, 2.24) is 10.0 Å². The molecular formula is C22H32N4O3S. The van der Waals surface area contributed by atoms with Crippen LogP contribution < -0.4 is 20.1 Å². The Morgan fingerprint density at radius 3 is 2.40 bits per heavy atom. The summed E-state index contributed by atoms with van der Waals surface area (Å²) >= 11 is 0. The lowest BCUT2D eigenvalue weighted by atomic mass is 10.1. The van der Waals surface area contributed by atoms with Gasteiger partial charge in [0.25, 0.3) is 0 Å². The molecule has 3 N–H and O–H groups in total. The van der Waals surface area contributed by atoms with Gasteiger partial charge in [-0.2, -0.15) is 0 Å². The number of guanidine groups is 1. The van der Waals surface area contributed by atoms with Crippen LogP contribution in [-0.4, -0.2) is 39.8 Å². The van der Waals surface area contributed by atoms with E-state index in [0.29, 0.717) is 32.0 Å². The van der Waals surface area contributed by atoms with Gasteiger partial charge < -0.3 is 15.4 Å². The lowest BCUT2D eigenvalue weighted by molar-refractivity contribution is 0.242. The number of hydrogen-bond donors (Lipinski definition) is 3. The van der Waals surface area contributed by atoms with Gasteiger partial charge in [0, 0.05) is 18.8 Å². The first-order valence-electron chi connectivity index (χ1n) is 10.0. The zero-order valence-electron chi connectivity index (χ0n) is 18.1. The number of aliphatic imine (C=N–C) groups is 1. The fourth-order valence-electron chi connectivity index (χ4n) is 2.67. The molecule has 0 heterocycles. The molecule has 0 amide bonds. The fourth-order valence-corrected chi connectivity index (χ4v) is 3.18. The SMILES string of the molecule is Cc1ccccc1CN=C(NCCCNS(C)(=O)=O)Nc1ccc(OC(C)C)cc1. The van der Waals surface area contributed by atoms with E-state index >= 15 is 0 Å². The summed E-state index contributed by atoms with van der Waals surface area (Å²) in [5.74, 6) is 1.45. The highest BCUT2D eigenvalue weighted by molar-refractivity contribution is 7.88. The fraction of sp³-hybridized carbons (Fsp3) is 0.409. The maximum Gasteiger partial charge on any atom is 0.208 e. The van der Waals surface area contributed by atoms with E-state index in [1.165, 1.54) is 5.56 Å². The van der Waals surface area contributed by atoms with E-state index in [0.717, 1.165) is 23.3 Å². The Kier molecular flexibility index (Phi) is 9.14. The van der Waals surface area contributed by atoms with Crippen molar-refractivity contribution in [2.45, 2.75) is 39.8 Å². The molecule has 0 radical (unpaired) electrons. The average Bonchev–Trinajstić information content (AvgIpc) is 2.67. The van der Waals surface area contributed by atoms with E-state index in [1.54, 1.807) is 0 Å². The minimum Gasteiger partial charge on any atom is -0.491 e. The van der Waals surface area contributed by atoms with Crippen LogP contribution in [0.5, 0.6) is 5.75 Å². The first-order chi connectivity index (χ1) is 14.2. The largest absolute Gasteiger partial charge is 0.491 e. The van der Waals surface area contributed by atoms with Gasteiger partial charge in [-0.15, -0.1) is 0 Å². The molecule has 0 atom stereocenters. The van der Waals surface area contributed by atoms with Crippen molar-refractivity contribution in [3.63, 3.8) is 0 Å². The van der Waals surface area contributed by atoms with Crippen LogP contribution in [-0.2, 0) is 16.6 Å². The van der Waals surface area contributed by atoms with E-state index in [1.807, 2.05) is 50.2 Å². The summed E-state index contributed by atoms with van der Waals surface area (Å²) in [6.07, 6.45) is 1.92. The smallest absolute Gasteiger partial charge is 0.208 e. The summed E-state index contributed by atoms with van der Waals surface area (Å²) in [4.78, 5) is 4.69. The van der Waals surface area contributed by atoms with Crippen LogP contribution in [0.3, 0.4) is 0 Å². The standard InChI is InChI=1S/C22H32N4O3S/c1-17(2)29-21-12-10-20(11-13-21)26-22(23-14-7-15-25-30(4,27)28)24-16-19-9-6-5-8-18(19)3/h5-6,8-13,17,25H,7,14-16H2,1-4H3,(H2,23,24,26). The molecule has 0 aliphatic heterocycles. The first kappa shape index (κ1) is 23.7. The number of benzene rings is 2. The van der Waals surface area contributed by atoms with E-state index in [9.17, 15) is 8.42 Å². The second-order valence-corrected chi connectivity index (χ2v) is 9.19. The van der Waals surface area contributed by atoms with Crippen LogP contribution >= 0.6 is 0 Å². The van der Waals surface area contributed by atoms with Crippen LogP contribution in [0, 0.1) is 6.92 Å². The third kappa shape index (κ3) is 9.28. The maximum absolute atomic E-state index is 11.2. The summed E-state index contributed by atoms with van der Waals surface area (Å²) in [5.41, 5.74) is 3.22. The van der Waals surface area contributed by atoms with Crippen LogP contribution in [0.15, 0.2) is 53.5 Å². The van der Waals surface area contributed by atoms with Crippen molar-refractivity contribution >= 4 is 21.7 Å². The van der Waals surface area contributed by atoms with Crippen LogP contribution in [0.25, 0.3) is 0 Å². The number of hydrogen-bond acceptors (Lipinski definition) is 4. The van der Waals surface area contributed by atoms with E-state index in [-0.39, 0.29) is 6.10 Å². The second kappa shape index (κ2) is 11.6. The molecule has 30 heavy (non-hydrogen) atoms. The Bertz CT molecular complexity index is 926. The number of nitrogens with zero attached hydrogens (tertiary/aromatic N) is 1. The van der Waals surface area contributed by atoms with Gasteiger partial charge in [-0.3, -0.25) is 0 Å². The summed E-state index contributed by atoms with van der Waals surface area (Å²) in [5, 5.41) is 6.56. The quantitative estimate of drug-likeness (QED) is 0.304. The van der Waals surface area contributed by atoms with Gasteiger partial charge in [0.15, 0.2) is 5.96 Å². The molecule has 8 heteroatoms. The average molecular weight is 433 g/mol. The van der Waals surface area contributed by atoms with Crippen molar-refractivity contribution in [2.75, 3.05) is 24.7 Å². The number of rotatable bonds is 10. The van der Waals surface area contributed by atoms with Crippen molar-refractivity contribution < 1.29 is 13.2 Å². The van der Waals surface area contributed by atoms with Gasteiger partial charge in [0.05, 0.1) is 18.9 Å². The number of sulfonamides is 1. The molecule has 0 fully saturated rings. The van der Waals surface area contributed by atoms with Gasteiger partial charge in [-0.05, 0) is 62.6 Å². The van der Waals surface area contributed by atoms with E-state index < -0.39 is 10.0 Å². The van der Waals surface area contributed by atoms with Gasteiger partial charge in [0.2, 0.25) is 10.0 Å². The molecule has 0 saturated heterocycles. The van der Waals surface area contributed by atoms with Gasteiger partial charge in [0.1, 0.15) is 5.75 Å². The molecule has 0 spiro atoms. The molecule has 0 aromatic heterocycles. The zero-order chi connectivity index (χ0) is 22.0. The highest BCUT2D eigenvalue weighted by atomic mass is 32.2. The number of anilines is 1. The van der Waals surface area contributed by atoms with E-state index in [2.05, 4.69) is 34.4 Å². The maximum atomic E-state index is 11.2. The molecular weight excluding hydrogens is 400 g/mol. The molecule has 0 aliphatic rings. The van der Waals surface area contributed by atoms with Crippen LogP contribution in [0.2, 0.25) is 0 Å². The Hall–Kier alpha value is -2.58. The Morgan fingerprint density at radius 2 is 1.77 bits per heavy atom. The van der Waals surface area contributed by atoms with Crippen LogP contribution in [0.4, 0.5) is 5.69 Å². The monoisotopic (exact) mass is 432 g/mol. The molecule has 2 rings (SSSR count). The lowest BCUT2D eigenvalue weighted by Gasteiger charge is -2.14. The summed E-state index contributed by atoms with van der Waals surface area (Å²) < 4.78 is 30.5. The summed E-state index contributed by atoms with van der Waals surface area (Å²) in [7, 11) is -3.17. The van der Waals surface area contributed by atoms with Gasteiger partial charge in [-0.1, -0.05) is 24.3 Å². The molecule has 7 nitrogen and oxygen atoms in total. The number of aryl methyl sites for hydroxylation is 1. The topological polar surface area (TPSA) is 91.8 Å². The first-order valence-corrected chi connectivity index (χ1v) is 11.9. The van der Waals surface area contributed by atoms with E-state index in [4.69, 9.17) is 9.73 Å². The van der Waals surface area contributed by atoms with Crippen molar-refractivity contribution in [1.29, 1.82) is 0 Å². The molecule has 2 aromatic rings. The Balaban J connectivity index is 2.02. The van der Waals surface area contributed by atoms with Crippen molar-refractivity contribution in [3.05, 3.63) is 59.7 Å². The Morgan fingerprint density at radius 1 is 1.07 bits per heavy atom. The predicted molar refractivity (Wildman–Crippen MR) is 124 cm³/mol. The highest BCUT2D eigenvalue weighted by Crippen LogP contribution is 2.17. The summed E-state index contributed by atoms with van der Waals surface area (Å²) in [6, 6.07) is 15.8. The molecule has 164 valence electrons. The molecule has 0 unspecified atom stereocenters. The molecule has 0 bridgehead atoms. The minimum absolute atomic E-state index is 0.122. The van der Waals surface area contributed by atoms with Crippen LogP contribution in [0.1, 0.15) is 31.4 Å². The predicted octanol–water partition coefficient (Wildman–Crippen LogP) is 3.28. The summed E-state index contributed by atoms with van der Waals surface area (Å²) in [6.45, 7) is 7.54. The van der Waals surface area contributed by atoms with Gasteiger partial charge >= 0.3 is 0 Å². The number of nitrogens with one attached hydrogen (secondary N) is 3. The molecule has 2 aromatic carbocycles. The highest BCUT2D eigenvalue weighted by Gasteiger charge is 2.04. The normalized spacial score (nSPS) is 12.1. The lowest BCUT2D eigenvalue weighted by Crippen LogP contribution is -2.33. The van der Waals surface area contributed by atoms with Crippen molar-refractivity contribution in [3.8, 4) is 5.75 Å². The van der Waals surface area contributed by atoms with Crippen molar-refractivity contribution in [2.24, 2.45) is 4.99 Å².